The van der Waals surface area contributed by atoms with Crippen LogP contribution in [0.1, 0.15) is 25.5 Å². The lowest BCUT2D eigenvalue weighted by molar-refractivity contribution is -0.136. The summed E-state index contributed by atoms with van der Waals surface area (Å²) in [6.07, 6.45) is 0. The molecule has 8 heteroatoms. The fraction of sp³-hybridized carbons (Fsp3) is 0.333. The van der Waals surface area contributed by atoms with Crippen molar-refractivity contribution in [2.75, 3.05) is 13.7 Å². The Morgan fingerprint density at radius 2 is 2.17 bits per heavy atom. The summed E-state index contributed by atoms with van der Waals surface area (Å²) in [6.45, 7) is 3.89. The molecule has 0 unspecified atom stereocenters. The van der Waals surface area contributed by atoms with Crippen molar-refractivity contribution in [3.05, 3.63) is 34.0 Å². The summed E-state index contributed by atoms with van der Waals surface area (Å²) in [5, 5.41) is 16.4. The Kier molecular flexibility index (Phi) is 5.33. The van der Waals surface area contributed by atoms with Gasteiger partial charge < -0.3 is 25.2 Å². The third-order valence-electron chi connectivity index (χ3n) is 3.36. The van der Waals surface area contributed by atoms with Crippen LogP contribution in [-0.2, 0) is 9.53 Å². The molecule has 0 spiro atoms. The molecule has 1 aromatic carbocycles. The lowest BCUT2D eigenvalue weighted by Gasteiger charge is -2.30. The highest BCUT2D eigenvalue weighted by molar-refractivity contribution is 7.80. The molecule has 0 aliphatic carbocycles. The number of esters is 1. The number of carbonyl (C=O) groups is 1. The lowest BCUT2D eigenvalue weighted by Crippen LogP contribution is -2.45. The van der Waals surface area contributed by atoms with E-state index in [1.165, 1.54) is 7.11 Å². The molecular formula is C15H17ClN2O4S. The number of nitrogens with one attached hydrogen (secondary N) is 2. The lowest BCUT2D eigenvalue weighted by atomic mass is 9.95. The van der Waals surface area contributed by atoms with Crippen LogP contribution in [0.15, 0.2) is 23.4 Å². The van der Waals surface area contributed by atoms with Crippen molar-refractivity contribution in [1.29, 1.82) is 0 Å². The van der Waals surface area contributed by atoms with Crippen LogP contribution in [-0.4, -0.2) is 29.9 Å². The topological polar surface area (TPSA) is 79.8 Å². The highest BCUT2D eigenvalue weighted by atomic mass is 35.5. The number of rotatable bonds is 4. The SMILES string of the molecule is CCOc1cc([C@@H]2NC(=S)NC(C)=C2C(=O)OC)cc(Cl)c1O. The Morgan fingerprint density at radius 1 is 1.48 bits per heavy atom. The second kappa shape index (κ2) is 7.06. The number of thiocarbonyl (C=S) groups is 1. The fourth-order valence-electron chi connectivity index (χ4n) is 2.35. The second-order valence-corrected chi connectivity index (χ2v) is 5.66. The minimum absolute atomic E-state index is 0.124. The molecule has 0 amide bonds. The Morgan fingerprint density at radius 3 is 2.78 bits per heavy atom. The minimum Gasteiger partial charge on any atom is -0.503 e. The number of methoxy groups -OCH3 is 1. The van der Waals surface area contributed by atoms with E-state index in [0.29, 0.717) is 28.6 Å². The van der Waals surface area contributed by atoms with Crippen molar-refractivity contribution in [2.45, 2.75) is 19.9 Å². The summed E-state index contributed by atoms with van der Waals surface area (Å²) in [7, 11) is 1.31. The summed E-state index contributed by atoms with van der Waals surface area (Å²) in [5.41, 5.74) is 1.60. The Labute approximate surface area is 144 Å². The molecule has 0 saturated heterocycles. The van der Waals surface area contributed by atoms with Crippen LogP contribution in [0.5, 0.6) is 11.5 Å². The van der Waals surface area contributed by atoms with Crippen LogP contribution < -0.4 is 15.4 Å². The van der Waals surface area contributed by atoms with Gasteiger partial charge >= 0.3 is 5.97 Å². The zero-order chi connectivity index (χ0) is 17.1. The molecule has 23 heavy (non-hydrogen) atoms. The third-order valence-corrected chi connectivity index (χ3v) is 3.87. The number of allylic oxidation sites excluding steroid dienone is 1. The molecule has 3 N–H and O–H groups in total. The molecule has 0 bridgehead atoms. The molecule has 1 aliphatic heterocycles. The van der Waals surface area contributed by atoms with Gasteiger partial charge in [0, 0.05) is 5.70 Å². The Bertz CT molecular complexity index is 690. The third kappa shape index (κ3) is 3.51. The van der Waals surface area contributed by atoms with Gasteiger partial charge in [-0.1, -0.05) is 11.6 Å². The molecule has 124 valence electrons. The quantitative estimate of drug-likeness (QED) is 0.564. The molecule has 1 aromatic rings. The standard InChI is InChI=1S/C15H17ClN2O4S/c1-4-22-10-6-8(5-9(16)13(10)19)12-11(14(20)21-3)7(2)17-15(23)18-12/h5-6,12,19H,4H2,1-3H3,(H2,17,18,23)/t12-/m0/s1. The number of halogens is 1. The van der Waals surface area contributed by atoms with Crippen molar-refractivity contribution in [2.24, 2.45) is 0 Å². The summed E-state index contributed by atoms with van der Waals surface area (Å²) in [6, 6.07) is 2.61. The van der Waals surface area contributed by atoms with Gasteiger partial charge in [-0.3, -0.25) is 0 Å². The highest BCUT2D eigenvalue weighted by Gasteiger charge is 2.31. The van der Waals surface area contributed by atoms with Crippen molar-refractivity contribution < 1.29 is 19.4 Å². The van der Waals surface area contributed by atoms with E-state index in [4.69, 9.17) is 33.3 Å². The van der Waals surface area contributed by atoms with Gasteiger partial charge in [0.05, 0.1) is 30.4 Å². The molecule has 2 rings (SSSR count). The number of hydrogen-bond acceptors (Lipinski definition) is 5. The number of carbonyl (C=O) groups excluding carboxylic acids is 1. The minimum atomic E-state index is -0.562. The number of aromatic hydroxyl groups is 1. The number of benzene rings is 1. The highest BCUT2D eigenvalue weighted by Crippen LogP contribution is 2.39. The fourth-order valence-corrected chi connectivity index (χ4v) is 2.84. The van der Waals surface area contributed by atoms with E-state index in [0.717, 1.165) is 0 Å². The molecule has 6 nitrogen and oxygen atoms in total. The second-order valence-electron chi connectivity index (χ2n) is 4.84. The summed E-state index contributed by atoms with van der Waals surface area (Å²) < 4.78 is 10.2. The molecular weight excluding hydrogens is 340 g/mol. The Hall–Kier alpha value is -1.99. The van der Waals surface area contributed by atoms with Gasteiger partial charge in [-0.05, 0) is 43.8 Å². The molecule has 0 aromatic heterocycles. The van der Waals surface area contributed by atoms with Crippen LogP contribution in [0.25, 0.3) is 0 Å². The van der Waals surface area contributed by atoms with Crippen molar-refractivity contribution in [1.82, 2.24) is 10.6 Å². The van der Waals surface area contributed by atoms with Gasteiger partial charge in [0.15, 0.2) is 16.6 Å². The molecule has 0 radical (unpaired) electrons. The molecule has 1 atom stereocenters. The van der Waals surface area contributed by atoms with Crippen LogP contribution >= 0.6 is 23.8 Å². The Balaban J connectivity index is 2.56. The van der Waals surface area contributed by atoms with E-state index in [9.17, 15) is 9.90 Å². The van der Waals surface area contributed by atoms with Gasteiger partial charge in [-0.2, -0.15) is 0 Å². The molecule has 1 aliphatic rings. The molecule has 1 heterocycles. The number of phenolic OH excluding ortho intramolecular Hbond substituents is 1. The van der Waals surface area contributed by atoms with Crippen molar-refractivity contribution in [3.63, 3.8) is 0 Å². The van der Waals surface area contributed by atoms with E-state index in [-0.39, 0.29) is 16.5 Å². The van der Waals surface area contributed by atoms with E-state index < -0.39 is 12.0 Å². The van der Waals surface area contributed by atoms with E-state index in [2.05, 4.69) is 10.6 Å². The summed E-state index contributed by atoms with van der Waals surface area (Å²) >= 11 is 11.2. The predicted octanol–water partition coefficient (Wildman–Crippen LogP) is 2.41. The normalized spacial score (nSPS) is 17.4. The number of ether oxygens (including phenoxy) is 2. The van der Waals surface area contributed by atoms with Crippen LogP contribution in [0.2, 0.25) is 5.02 Å². The van der Waals surface area contributed by atoms with E-state index in [1.807, 2.05) is 0 Å². The predicted molar refractivity (Wildman–Crippen MR) is 90.6 cm³/mol. The zero-order valence-electron chi connectivity index (χ0n) is 12.9. The first-order valence-corrected chi connectivity index (χ1v) is 7.69. The number of phenols is 1. The van der Waals surface area contributed by atoms with Gasteiger partial charge in [0.25, 0.3) is 0 Å². The van der Waals surface area contributed by atoms with Crippen molar-refractivity contribution in [3.8, 4) is 11.5 Å². The van der Waals surface area contributed by atoms with E-state index in [1.54, 1.807) is 26.0 Å². The van der Waals surface area contributed by atoms with Gasteiger partial charge in [-0.15, -0.1) is 0 Å². The smallest absolute Gasteiger partial charge is 0.337 e. The maximum atomic E-state index is 12.1. The largest absolute Gasteiger partial charge is 0.503 e. The van der Waals surface area contributed by atoms with Gasteiger partial charge in [0.1, 0.15) is 0 Å². The maximum Gasteiger partial charge on any atom is 0.337 e. The van der Waals surface area contributed by atoms with Crippen LogP contribution in [0.4, 0.5) is 0 Å². The average Bonchev–Trinajstić information content (AvgIpc) is 2.50. The summed E-state index contributed by atoms with van der Waals surface area (Å²) in [5.74, 6) is -0.394. The van der Waals surface area contributed by atoms with Crippen LogP contribution in [0.3, 0.4) is 0 Å². The van der Waals surface area contributed by atoms with Gasteiger partial charge in [0.2, 0.25) is 0 Å². The first-order chi connectivity index (χ1) is 10.9. The van der Waals surface area contributed by atoms with E-state index >= 15 is 0 Å². The zero-order valence-corrected chi connectivity index (χ0v) is 14.5. The van der Waals surface area contributed by atoms with Gasteiger partial charge in [-0.25, -0.2) is 4.79 Å². The molecule has 0 saturated carbocycles. The first-order valence-electron chi connectivity index (χ1n) is 6.90. The first kappa shape index (κ1) is 17.4. The molecule has 0 fully saturated rings. The van der Waals surface area contributed by atoms with Crippen LogP contribution in [0, 0.1) is 0 Å². The monoisotopic (exact) mass is 356 g/mol. The average molecular weight is 357 g/mol. The summed E-state index contributed by atoms with van der Waals surface area (Å²) in [4.78, 5) is 12.1. The number of hydrogen-bond donors (Lipinski definition) is 3. The maximum absolute atomic E-state index is 12.1. The van der Waals surface area contributed by atoms with Crippen molar-refractivity contribution >= 4 is 34.9 Å².